The Labute approximate surface area is 106 Å². The summed E-state index contributed by atoms with van der Waals surface area (Å²) in [7, 11) is 1.61. The molecule has 92 valence electrons. The highest BCUT2D eigenvalue weighted by Gasteiger charge is 2.40. The summed E-state index contributed by atoms with van der Waals surface area (Å²) < 4.78 is 10.7. The Bertz CT molecular complexity index is 565. The first-order chi connectivity index (χ1) is 8.74. The van der Waals surface area contributed by atoms with Gasteiger partial charge in [-0.15, -0.1) is 0 Å². The molecule has 0 aromatic heterocycles. The van der Waals surface area contributed by atoms with Gasteiger partial charge in [0, 0.05) is 11.6 Å². The third-order valence-corrected chi connectivity index (χ3v) is 3.32. The Balaban J connectivity index is 2.09. The Morgan fingerprint density at radius 1 is 1.17 bits per heavy atom. The van der Waals surface area contributed by atoms with E-state index in [9.17, 15) is 5.11 Å². The molecule has 2 aromatic rings. The first kappa shape index (κ1) is 11.1. The standard InChI is InChI=1S/C15H14O3/c1-17-12-7-8-13-14(9-12)18-10-15(13,16)11-5-3-2-4-6-11/h2-9,16H,10H2,1H3/t15-/m1/s1. The van der Waals surface area contributed by atoms with Crippen LogP contribution in [0.1, 0.15) is 11.1 Å². The fourth-order valence-corrected chi connectivity index (χ4v) is 2.30. The fourth-order valence-electron chi connectivity index (χ4n) is 2.30. The molecule has 1 aliphatic rings. The average molecular weight is 242 g/mol. The number of aliphatic hydroxyl groups is 1. The molecule has 1 N–H and O–H groups in total. The lowest BCUT2D eigenvalue weighted by Gasteiger charge is -2.21. The van der Waals surface area contributed by atoms with Gasteiger partial charge in [-0.05, 0) is 17.7 Å². The SMILES string of the molecule is COc1ccc2c(c1)OC[C@@]2(O)c1ccccc1. The molecule has 0 fully saturated rings. The number of hydrogen-bond acceptors (Lipinski definition) is 3. The average Bonchev–Trinajstić information content (AvgIpc) is 2.78. The van der Waals surface area contributed by atoms with Crippen LogP contribution in [0.15, 0.2) is 48.5 Å². The van der Waals surface area contributed by atoms with Gasteiger partial charge >= 0.3 is 0 Å². The zero-order valence-electron chi connectivity index (χ0n) is 10.1. The summed E-state index contributed by atoms with van der Waals surface area (Å²) in [4.78, 5) is 0. The maximum atomic E-state index is 10.8. The largest absolute Gasteiger partial charge is 0.497 e. The molecule has 18 heavy (non-hydrogen) atoms. The molecule has 3 rings (SSSR count). The van der Waals surface area contributed by atoms with Crippen molar-refractivity contribution in [2.75, 3.05) is 13.7 Å². The van der Waals surface area contributed by atoms with Gasteiger partial charge in [0.1, 0.15) is 18.1 Å². The van der Waals surface area contributed by atoms with Gasteiger partial charge in [0.05, 0.1) is 7.11 Å². The zero-order chi connectivity index (χ0) is 12.6. The quantitative estimate of drug-likeness (QED) is 0.878. The van der Waals surface area contributed by atoms with Gasteiger partial charge in [-0.1, -0.05) is 30.3 Å². The summed E-state index contributed by atoms with van der Waals surface area (Å²) in [6.45, 7) is 0.236. The van der Waals surface area contributed by atoms with E-state index in [0.717, 1.165) is 16.9 Å². The van der Waals surface area contributed by atoms with Crippen LogP contribution >= 0.6 is 0 Å². The summed E-state index contributed by atoms with van der Waals surface area (Å²) in [6, 6.07) is 15.1. The van der Waals surface area contributed by atoms with Crippen molar-refractivity contribution in [2.45, 2.75) is 5.60 Å². The first-order valence-electron chi connectivity index (χ1n) is 5.83. The summed E-state index contributed by atoms with van der Waals surface area (Å²) in [6.07, 6.45) is 0. The number of methoxy groups -OCH3 is 1. The third kappa shape index (κ3) is 1.56. The lowest BCUT2D eigenvalue weighted by atomic mass is 9.88. The Morgan fingerprint density at radius 2 is 1.94 bits per heavy atom. The molecular formula is C15H14O3. The molecule has 1 atom stereocenters. The number of ether oxygens (including phenoxy) is 2. The molecule has 2 aromatic carbocycles. The van der Waals surface area contributed by atoms with E-state index < -0.39 is 5.60 Å². The van der Waals surface area contributed by atoms with E-state index in [0.29, 0.717) is 5.75 Å². The predicted octanol–water partition coefficient (Wildman–Crippen LogP) is 2.32. The van der Waals surface area contributed by atoms with Crippen LogP contribution in [0.25, 0.3) is 0 Å². The highest BCUT2D eigenvalue weighted by molar-refractivity contribution is 5.51. The summed E-state index contributed by atoms with van der Waals surface area (Å²) in [5.41, 5.74) is 0.562. The van der Waals surface area contributed by atoms with Crippen LogP contribution in [0.3, 0.4) is 0 Å². The highest BCUT2D eigenvalue weighted by atomic mass is 16.5. The second-order valence-electron chi connectivity index (χ2n) is 4.38. The van der Waals surface area contributed by atoms with E-state index in [2.05, 4.69) is 0 Å². The number of rotatable bonds is 2. The van der Waals surface area contributed by atoms with Crippen LogP contribution in [0.4, 0.5) is 0 Å². The van der Waals surface area contributed by atoms with E-state index in [1.54, 1.807) is 13.2 Å². The lowest BCUT2D eigenvalue weighted by Crippen LogP contribution is -2.28. The molecule has 1 heterocycles. The van der Waals surface area contributed by atoms with Crippen LogP contribution in [0.5, 0.6) is 11.5 Å². The monoisotopic (exact) mass is 242 g/mol. The molecule has 0 saturated carbocycles. The molecule has 0 amide bonds. The number of hydrogen-bond donors (Lipinski definition) is 1. The van der Waals surface area contributed by atoms with Crippen LogP contribution in [-0.4, -0.2) is 18.8 Å². The Kier molecular flexibility index (Phi) is 2.49. The van der Waals surface area contributed by atoms with Crippen molar-refractivity contribution in [2.24, 2.45) is 0 Å². The molecule has 0 saturated heterocycles. The molecule has 3 nitrogen and oxygen atoms in total. The molecule has 0 aliphatic carbocycles. The second kappa shape index (κ2) is 4.03. The smallest absolute Gasteiger partial charge is 0.152 e. The van der Waals surface area contributed by atoms with Crippen LogP contribution in [-0.2, 0) is 5.60 Å². The van der Waals surface area contributed by atoms with Crippen LogP contribution in [0.2, 0.25) is 0 Å². The lowest BCUT2D eigenvalue weighted by molar-refractivity contribution is 0.0560. The maximum Gasteiger partial charge on any atom is 0.152 e. The van der Waals surface area contributed by atoms with E-state index in [1.165, 1.54) is 0 Å². The topological polar surface area (TPSA) is 38.7 Å². The van der Waals surface area contributed by atoms with Crippen molar-refractivity contribution in [3.8, 4) is 11.5 Å². The predicted molar refractivity (Wildman–Crippen MR) is 67.9 cm³/mol. The molecule has 0 radical (unpaired) electrons. The Hall–Kier alpha value is -2.00. The van der Waals surface area contributed by atoms with Gasteiger partial charge in [0.15, 0.2) is 5.60 Å². The fraction of sp³-hybridized carbons (Fsp3) is 0.200. The van der Waals surface area contributed by atoms with Gasteiger partial charge in [-0.25, -0.2) is 0 Å². The number of benzene rings is 2. The van der Waals surface area contributed by atoms with E-state index >= 15 is 0 Å². The van der Waals surface area contributed by atoms with Gasteiger partial charge in [-0.2, -0.15) is 0 Å². The minimum atomic E-state index is -1.07. The van der Waals surface area contributed by atoms with E-state index in [-0.39, 0.29) is 6.61 Å². The normalized spacial score (nSPS) is 21.2. The molecule has 0 spiro atoms. The van der Waals surface area contributed by atoms with Crippen molar-refractivity contribution in [3.63, 3.8) is 0 Å². The van der Waals surface area contributed by atoms with Gasteiger partial charge in [0.25, 0.3) is 0 Å². The minimum Gasteiger partial charge on any atom is -0.497 e. The first-order valence-corrected chi connectivity index (χ1v) is 5.83. The molecule has 1 aliphatic heterocycles. The van der Waals surface area contributed by atoms with Gasteiger partial charge in [0.2, 0.25) is 0 Å². The molecule has 0 unspecified atom stereocenters. The van der Waals surface area contributed by atoms with Crippen molar-refractivity contribution in [1.29, 1.82) is 0 Å². The van der Waals surface area contributed by atoms with Crippen molar-refractivity contribution in [1.82, 2.24) is 0 Å². The third-order valence-electron chi connectivity index (χ3n) is 3.32. The minimum absolute atomic E-state index is 0.236. The van der Waals surface area contributed by atoms with E-state index in [1.807, 2.05) is 42.5 Å². The zero-order valence-corrected chi connectivity index (χ0v) is 10.1. The van der Waals surface area contributed by atoms with Crippen LogP contribution < -0.4 is 9.47 Å². The van der Waals surface area contributed by atoms with Crippen molar-refractivity contribution in [3.05, 3.63) is 59.7 Å². The van der Waals surface area contributed by atoms with Crippen molar-refractivity contribution >= 4 is 0 Å². The van der Waals surface area contributed by atoms with Gasteiger partial charge < -0.3 is 14.6 Å². The second-order valence-corrected chi connectivity index (χ2v) is 4.38. The summed E-state index contributed by atoms with van der Waals surface area (Å²) in [5, 5.41) is 10.8. The van der Waals surface area contributed by atoms with Crippen LogP contribution in [0, 0.1) is 0 Å². The molecular weight excluding hydrogens is 228 g/mol. The Morgan fingerprint density at radius 3 is 2.67 bits per heavy atom. The summed E-state index contributed by atoms with van der Waals surface area (Å²) >= 11 is 0. The molecule has 3 heteroatoms. The highest BCUT2D eigenvalue weighted by Crippen LogP contribution is 2.42. The number of fused-ring (bicyclic) bond motifs is 1. The summed E-state index contributed by atoms with van der Waals surface area (Å²) in [5.74, 6) is 1.41. The van der Waals surface area contributed by atoms with Crippen molar-refractivity contribution < 1.29 is 14.6 Å². The molecule has 0 bridgehead atoms. The maximum absolute atomic E-state index is 10.8. The van der Waals surface area contributed by atoms with Gasteiger partial charge in [-0.3, -0.25) is 0 Å². The van der Waals surface area contributed by atoms with E-state index in [4.69, 9.17) is 9.47 Å².